The lowest BCUT2D eigenvalue weighted by Gasteiger charge is -2.34. The first-order valence-corrected chi connectivity index (χ1v) is 14.3. The van der Waals surface area contributed by atoms with Gasteiger partial charge in [-0.2, -0.15) is 0 Å². The fraction of sp³-hybridized carbons (Fsp3) is 0.0256. The Morgan fingerprint density at radius 1 is 0.524 bits per heavy atom. The van der Waals surface area contributed by atoms with Gasteiger partial charge >= 0.3 is 0 Å². The van der Waals surface area contributed by atoms with E-state index in [0.717, 1.165) is 17.1 Å². The zero-order chi connectivity index (χ0) is 28.0. The van der Waals surface area contributed by atoms with E-state index in [2.05, 4.69) is 168 Å². The first-order valence-electron chi connectivity index (χ1n) is 14.3. The topological polar surface area (TPSA) is 18.5 Å². The minimum absolute atomic E-state index is 1.03. The average Bonchev–Trinajstić information content (AvgIpc) is 3.06. The molecule has 0 spiro atoms. The largest absolute Gasteiger partial charge is 0.309 e. The highest BCUT2D eigenvalue weighted by Crippen LogP contribution is 2.52. The van der Waals surface area contributed by atoms with Gasteiger partial charge in [0, 0.05) is 23.7 Å². The number of rotatable bonds is 5. The zero-order valence-electron chi connectivity index (χ0n) is 23.3. The molecule has 1 aliphatic rings. The van der Waals surface area contributed by atoms with Crippen LogP contribution in [0.25, 0.3) is 43.8 Å². The lowest BCUT2D eigenvalue weighted by molar-refractivity contribution is 1.09. The summed E-state index contributed by atoms with van der Waals surface area (Å²) in [5.74, 6) is 0. The van der Waals surface area contributed by atoms with Gasteiger partial charge in [0.25, 0.3) is 0 Å². The Kier molecular flexibility index (Phi) is 5.68. The molecule has 3 nitrogen and oxygen atoms in total. The summed E-state index contributed by atoms with van der Waals surface area (Å²) in [6.45, 7) is 0. The van der Waals surface area contributed by atoms with Crippen molar-refractivity contribution in [3.63, 3.8) is 0 Å². The van der Waals surface area contributed by atoms with E-state index in [4.69, 9.17) is 0 Å². The van der Waals surface area contributed by atoms with Gasteiger partial charge in [-0.3, -0.25) is 10.4 Å². The van der Waals surface area contributed by atoms with Gasteiger partial charge < -0.3 is 4.90 Å². The highest BCUT2D eigenvalue weighted by atomic mass is 15.5. The summed E-state index contributed by atoms with van der Waals surface area (Å²) >= 11 is 0. The van der Waals surface area contributed by atoms with Crippen LogP contribution in [-0.4, -0.2) is 7.05 Å². The Bertz CT molecular complexity index is 2060. The summed E-state index contributed by atoms with van der Waals surface area (Å²) in [5.41, 5.74) is 14.2. The van der Waals surface area contributed by atoms with Crippen molar-refractivity contribution in [3.8, 4) is 22.3 Å². The summed E-state index contributed by atoms with van der Waals surface area (Å²) in [6.07, 6.45) is 0. The molecule has 7 aromatic rings. The molecule has 1 N–H and O–H groups in total. The maximum Gasteiger partial charge on any atom is 0.0569 e. The van der Waals surface area contributed by atoms with Crippen molar-refractivity contribution in [2.24, 2.45) is 0 Å². The van der Waals surface area contributed by atoms with E-state index in [9.17, 15) is 0 Å². The van der Waals surface area contributed by atoms with E-state index in [1.165, 1.54) is 55.2 Å². The molecule has 0 atom stereocenters. The number of hydrogen-bond donors (Lipinski definition) is 1. The Morgan fingerprint density at radius 2 is 1.21 bits per heavy atom. The quantitative estimate of drug-likeness (QED) is 0.219. The molecular weight excluding hydrogens is 510 g/mol. The zero-order valence-corrected chi connectivity index (χ0v) is 23.3. The molecule has 0 fully saturated rings. The molecule has 7 aromatic carbocycles. The molecule has 0 amide bonds. The maximum absolute atomic E-state index is 3.54. The lowest BCUT2D eigenvalue weighted by atomic mass is 9.87. The van der Waals surface area contributed by atoms with Gasteiger partial charge in [0.1, 0.15) is 0 Å². The summed E-state index contributed by atoms with van der Waals surface area (Å²) in [5, 5.41) is 7.15. The third-order valence-corrected chi connectivity index (χ3v) is 8.32. The SMILES string of the molecule is CN(Nc1ccc(N2c3ccc4ccccc4c3-c3cccc4cccc2c34)cc1)c1ccc(-c2ccccc2)cc1. The predicted molar refractivity (Wildman–Crippen MR) is 179 cm³/mol. The summed E-state index contributed by atoms with van der Waals surface area (Å²) in [4.78, 5) is 2.41. The van der Waals surface area contributed by atoms with Crippen LogP contribution in [0.2, 0.25) is 0 Å². The highest BCUT2D eigenvalue weighted by molar-refractivity contribution is 6.19. The second-order valence-corrected chi connectivity index (χ2v) is 10.8. The molecule has 1 aliphatic heterocycles. The molecule has 0 aromatic heterocycles. The van der Waals surface area contributed by atoms with Crippen molar-refractivity contribution in [2.75, 3.05) is 22.4 Å². The van der Waals surface area contributed by atoms with Crippen LogP contribution in [0, 0.1) is 0 Å². The van der Waals surface area contributed by atoms with Crippen LogP contribution in [0.15, 0.2) is 152 Å². The number of nitrogens with zero attached hydrogens (tertiary/aromatic N) is 2. The van der Waals surface area contributed by atoms with Crippen LogP contribution in [0.4, 0.5) is 28.4 Å². The highest BCUT2D eigenvalue weighted by Gasteiger charge is 2.27. The van der Waals surface area contributed by atoms with Gasteiger partial charge in [-0.25, -0.2) is 0 Å². The molecule has 0 aliphatic carbocycles. The predicted octanol–water partition coefficient (Wildman–Crippen LogP) is 10.6. The van der Waals surface area contributed by atoms with Crippen molar-refractivity contribution < 1.29 is 0 Å². The van der Waals surface area contributed by atoms with Gasteiger partial charge in [0.15, 0.2) is 0 Å². The average molecular weight is 540 g/mol. The minimum Gasteiger partial charge on any atom is -0.309 e. The van der Waals surface area contributed by atoms with E-state index in [1.54, 1.807) is 0 Å². The Hall–Kier alpha value is -5.54. The summed E-state index contributed by atoms with van der Waals surface area (Å²) in [7, 11) is 2.05. The molecule has 0 unspecified atom stereocenters. The van der Waals surface area contributed by atoms with Crippen molar-refractivity contribution in [1.82, 2.24) is 0 Å². The summed E-state index contributed by atoms with van der Waals surface area (Å²) in [6, 6.07) is 54.3. The smallest absolute Gasteiger partial charge is 0.0569 e. The second kappa shape index (κ2) is 9.83. The molecule has 8 rings (SSSR count). The monoisotopic (exact) mass is 539 g/mol. The van der Waals surface area contributed by atoms with Gasteiger partial charge in [-0.05, 0) is 81.4 Å². The second-order valence-electron chi connectivity index (χ2n) is 10.8. The maximum atomic E-state index is 3.54. The van der Waals surface area contributed by atoms with Crippen LogP contribution in [0.1, 0.15) is 0 Å². The minimum atomic E-state index is 1.03. The molecule has 0 radical (unpaired) electrons. The summed E-state index contributed by atoms with van der Waals surface area (Å²) < 4.78 is 0. The number of nitrogens with one attached hydrogen (secondary N) is 1. The first kappa shape index (κ1) is 24.3. The van der Waals surface area contributed by atoms with E-state index in [-0.39, 0.29) is 0 Å². The van der Waals surface area contributed by atoms with Gasteiger partial charge in [0.2, 0.25) is 0 Å². The van der Waals surface area contributed by atoms with Crippen LogP contribution in [-0.2, 0) is 0 Å². The van der Waals surface area contributed by atoms with Crippen LogP contribution < -0.4 is 15.3 Å². The van der Waals surface area contributed by atoms with Crippen LogP contribution in [0.5, 0.6) is 0 Å². The van der Waals surface area contributed by atoms with E-state index in [0.29, 0.717) is 0 Å². The number of fused-ring (bicyclic) bond motifs is 4. The third kappa shape index (κ3) is 3.98. The van der Waals surface area contributed by atoms with Gasteiger partial charge in [-0.1, -0.05) is 103 Å². The van der Waals surface area contributed by atoms with Crippen molar-refractivity contribution in [2.45, 2.75) is 0 Å². The van der Waals surface area contributed by atoms with Gasteiger partial charge in [0.05, 0.1) is 22.7 Å². The normalized spacial score (nSPS) is 11.9. The van der Waals surface area contributed by atoms with Crippen molar-refractivity contribution in [1.29, 1.82) is 0 Å². The Morgan fingerprint density at radius 3 is 2.02 bits per heavy atom. The number of benzene rings is 7. The van der Waals surface area contributed by atoms with Gasteiger partial charge in [-0.15, -0.1) is 0 Å². The molecule has 3 heteroatoms. The fourth-order valence-corrected chi connectivity index (χ4v) is 6.30. The standard InChI is InChI=1S/C39H29N3/c1-41(32-22-17-28(18-23-32)27-9-3-2-4-10-27)40-31-20-24-33(25-21-31)42-36-16-8-13-30-12-7-15-35(38(30)36)39-34-14-6-5-11-29(34)19-26-37(39)42/h2-26,40H,1H3. The number of hydrazine groups is 1. The molecule has 0 saturated heterocycles. The van der Waals surface area contributed by atoms with Crippen molar-refractivity contribution in [3.05, 3.63) is 152 Å². The third-order valence-electron chi connectivity index (χ3n) is 8.32. The fourth-order valence-electron chi connectivity index (χ4n) is 6.30. The molecule has 200 valence electrons. The van der Waals surface area contributed by atoms with E-state index in [1.807, 2.05) is 6.07 Å². The molecule has 0 saturated carbocycles. The van der Waals surface area contributed by atoms with Crippen LogP contribution >= 0.6 is 0 Å². The lowest BCUT2D eigenvalue weighted by Crippen LogP contribution is -2.24. The Labute approximate surface area is 245 Å². The number of hydrogen-bond acceptors (Lipinski definition) is 3. The molecule has 1 heterocycles. The van der Waals surface area contributed by atoms with Crippen LogP contribution in [0.3, 0.4) is 0 Å². The van der Waals surface area contributed by atoms with E-state index < -0.39 is 0 Å². The van der Waals surface area contributed by atoms with Crippen molar-refractivity contribution >= 4 is 50.0 Å². The van der Waals surface area contributed by atoms with E-state index >= 15 is 0 Å². The molecule has 0 bridgehead atoms. The number of anilines is 5. The molecule has 42 heavy (non-hydrogen) atoms. The Balaban J connectivity index is 1.14. The first-order chi connectivity index (χ1) is 20.7. The molecular formula is C39H29N3.